The lowest BCUT2D eigenvalue weighted by molar-refractivity contribution is -0.222. The highest BCUT2D eigenvalue weighted by Gasteiger charge is 1.97. The van der Waals surface area contributed by atoms with Crippen molar-refractivity contribution in [3.8, 4) is 0 Å². The number of hydrogen-bond donors (Lipinski definition) is 4. The monoisotopic (exact) mass is 148 g/mol. The van der Waals surface area contributed by atoms with E-state index in [4.69, 9.17) is 16.9 Å². The molecule has 0 aromatic heterocycles. The summed E-state index contributed by atoms with van der Waals surface area (Å²) in [6, 6.07) is -0.631. The van der Waals surface area contributed by atoms with E-state index in [1.165, 1.54) is 0 Å². The fourth-order valence-electron chi connectivity index (χ4n) is 0.469. The zero-order chi connectivity index (χ0) is 7.28. The van der Waals surface area contributed by atoms with E-state index in [2.05, 4.69) is 0 Å². The van der Waals surface area contributed by atoms with Gasteiger partial charge in [-0.2, -0.15) is 0 Å². The number of nitrogens with one attached hydrogen (secondary N) is 1. The van der Waals surface area contributed by atoms with Gasteiger partial charge in [0.2, 0.25) is 0 Å². The predicted octanol–water partition coefficient (Wildman–Crippen LogP) is -1.23. The smallest absolute Gasteiger partial charge is 0.0320 e. The van der Waals surface area contributed by atoms with Crippen LogP contribution < -0.4 is 22.7 Å². The molecule has 0 heterocycles. The molecule has 0 aliphatic heterocycles. The summed E-state index contributed by atoms with van der Waals surface area (Å²) in [6.07, 6.45) is 1.24. The molecule has 62 valence electrons. The van der Waals surface area contributed by atoms with Gasteiger partial charge in [0, 0.05) is 6.04 Å². The van der Waals surface area contributed by atoms with Crippen molar-refractivity contribution in [1.29, 1.82) is 5.41 Å². The van der Waals surface area contributed by atoms with Gasteiger partial charge < -0.3 is 28.1 Å². The number of hydrogen-bond acceptors (Lipinski definition) is 4. The molecule has 9 N–H and O–H groups in total. The van der Waals surface area contributed by atoms with Crippen LogP contribution in [0.1, 0.15) is 12.8 Å². The highest BCUT2D eigenvalue weighted by Crippen LogP contribution is 1.89. The number of nitrogens with two attached hydrogens (primary N) is 2. The second-order valence-corrected chi connectivity index (χ2v) is 1.90. The first-order chi connectivity index (χ1) is 4.18. The van der Waals surface area contributed by atoms with Crippen molar-refractivity contribution in [2.45, 2.75) is 18.9 Å². The van der Waals surface area contributed by atoms with Gasteiger partial charge in [0.1, 0.15) is 0 Å². The third kappa shape index (κ3) is 5.49. The van der Waals surface area contributed by atoms with Crippen molar-refractivity contribution in [2.24, 2.45) is 11.5 Å². The molecule has 0 unspecified atom stereocenters. The van der Waals surface area contributed by atoms with Gasteiger partial charge >= 0.3 is 0 Å². The zero-order valence-corrected chi connectivity index (χ0v) is 6.26. The van der Waals surface area contributed by atoms with Crippen molar-refractivity contribution in [1.82, 2.24) is 6.15 Å². The summed E-state index contributed by atoms with van der Waals surface area (Å²) in [6.45, 7) is 0.529. The van der Waals surface area contributed by atoms with Crippen LogP contribution in [-0.4, -0.2) is 18.5 Å². The molecule has 0 saturated heterocycles. The van der Waals surface area contributed by atoms with Crippen LogP contribution >= 0.6 is 0 Å². The summed E-state index contributed by atoms with van der Waals surface area (Å²) in [7, 11) is 0. The van der Waals surface area contributed by atoms with Gasteiger partial charge in [-0.05, 0) is 25.3 Å². The molecule has 0 radical (unpaired) electrons. The van der Waals surface area contributed by atoms with E-state index in [-0.39, 0.29) is 6.15 Å². The maximum atomic E-state index is 10.2. The SMILES string of the molecule is N=C([O-])[C@@H](N)CCCN.[NH4+]. The first-order valence-corrected chi connectivity index (χ1v) is 2.89. The molecule has 10 heavy (non-hydrogen) atoms. The summed E-state index contributed by atoms with van der Waals surface area (Å²) in [4.78, 5) is 0. The molecule has 5 heteroatoms. The Kier molecular flexibility index (Phi) is 7.81. The minimum Gasteiger partial charge on any atom is -0.861 e. The molecule has 0 saturated carbocycles. The lowest BCUT2D eigenvalue weighted by Gasteiger charge is -2.15. The van der Waals surface area contributed by atoms with Gasteiger partial charge in [-0.25, -0.2) is 0 Å². The topological polar surface area (TPSA) is 135 Å². The van der Waals surface area contributed by atoms with E-state index >= 15 is 0 Å². The summed E-state index contributed by atoms with van der Waals surface area (Å²) < 4.78 is 0. The van der Waals surface area contributed by atoms with Gasteiger partial charge in [-0.3, -0.25) is 0 Å². The Morgan fingerprint density at radius 2 is 2.10 bits per heavy atom. The van der Waals surface area contributed by atoms with E-state index in [0.717, 1.165) is 0 Å². The average molecular weight is 148 g/mol. The summed E-state index contributed by atoms with van der Waals surface area (Å²) >= 11 is 0. The van der Waals surface area contributed by atoms with E-state index in [0.29, 0.717) is 19.4 Å². The zero-order valence-electron chi connectivity index (χ0n) is 6.26. The number of quaternary nitrogens is 1. The van der Waals surface area contributed by atoms with Gasteiger partial charge in [-0.15, -0.1) is 0 Å². The molecule has 0 fully saturated rings. The maximum Gasteiger partial charge on any atom is 0.0320 e. The highest BCUT2D eigenvalue weighted by atomic mass is 16.3. The van der Waals surface area contributed by atoms with Crippen molar-refractivity contribution in [3.05, 3.63) is 0 Å². The third-order valence-electron chi connectivity index (χ3n) is 1.06. The Balaban J connectivity index is 0. The van der Waals surface area contributed by atoms with Crippen molar-refractivity contribution < 1.29 is 5.11 Å². The normalized spacial score (nSPS) is 11.8. The van der Waals surface area contributed by atoms with Crippen LogP contribution in [0.3, 0.4) is 0 Å². The molecule has 5 nitrogen and oxygen atoms in total. The molecular weight excluding hydrogens is 132 g/mol. The second kappa shape index (κ2) is 6.47. The van der Waals surface area contributed by atoms with Crippen molar-refractivity contribution in [2.75, 3.05) is 6.54 Å². The maximum absolute atomic E-state index is 10.2. The van der Waals surface area contributed by atoms with Gasteiger partial charge in [-0.1, -0.05) is 0 Å². The highest BCUT2D eigenvalue weighted by molar-refractivity contribution is 5.73. The quantitative estimate of drug-likeness (QED) is 0.293. The summed E-state index contributed by atoms with van der Waals surface area (Å²) in [5, 5.41) is 16.7. The molecule has 0 bridgehead atoms. The second-order valence-electron chi connectivity index (χ2n) is 1.90. The van der Waals surface area contributed by atoms with Crippen LogP contribution in [0.4, 0.5) is 0 Å². The molecule has 0 rings (SSSR count). The van der Waals surface area contributed by atoms with E-state index < -0.39 is 11.9 Å². The van der Waals surface area contributed by atoms with Crippen LogP contribution in [0.5, 0.6) is 0 Å². The minimum atomic E-state index is -0.705. The number of rotatable bonds is 4. The first kappa shape index (κ1) is 12.1. The van der Waals surface area contributed by atoms with Crippen LogP contribution in [0.25, 0.3) is 0 Å². The Labute approximate surface area is 60.5 Å². The molecule has 1 atom stereocenters. The minimum absolute atomic E-state index is 0. The first-order valence-electron chi connectivity index (χ1n) is 2.89. The van der Waals surface area contributed by atoms with Crippen LogP contribution in [-0.2, 0) is 0 Å². The van der Waals surface area contributed by atoms with Gasteiger partial charge in [0.15, 0.2) is 0 Å². The van der Waals surface area contributed by atoms with Gasteiger partial charge in [0.25, 0.3) is 0 Å². The molecular formula is C5H16N4O. The van der Waals surface area contributed by atoms with E-state index in [1.807, 2.05) is 0 Å². The standard InChI is InChI=1S/C5H13N3O.H3N/c6-3-1-2-4(7)5(8)9;/h4H,1-3,6-7H2,(H2,8,9);1H3/t4-;/m0./s1. The van der Waals surface area contributed by atoms with Crippen LogP contribution in [0.15, 0.2) is 0 Å². The van der Waals surface area contributed by atoms with E-state index in [1.54, 1.807) is 0 Å². The molecule has 0 spiro atoms. The summed E-state index contributed by atoms with van der Waals surface area (Å²) in [5.74, 6) is -0.705. The molecule has 0 aromatic rings. The lowest BCUT2D eigenvalue weighted by Crippen LogP contribution is -2.38. The Morgan fingerprint density at radius 1 is 1.60 bits per heavy atom. The third-order valence-corrected chi connectivity index (χ3v) is 1.06. The molecule has 0 amide bonds. The molecule has 0 aliphatic rings. The fraction of sp³-hybridized carbons (Fsp3) is 0.800. The van der Waals surface area contributed by atoms with Gasteiger partial charge in [0.05, 0.1) is 0 Å². The van der Waals surface area contributed by atoms with E-state index in [9.17, 15) is 5.11 Å². The largest absolute Gasteiger partial charge is 0.861 e. The molecule has 0 aromatic carbocycles. The van der Waals surface area contributed by atoms with Crippen LogP contribution in [0, 0.1) is 5.41 Å². The fourth-order valence-corrected chi connectivity index (χ4v) is 0.469. The Hall–Kier alpha value is -0.650. The Bertz CT molecular complexity index is 95.6. The van der Waals surface area contributed by atoms with Crippen molar-refractivity contribution in [3.63, 3.8) is 0 Å². The predicted molar refractivity (Wildman–Crippen MR) is 40.0 cm³/mol. The average Bonchev–Trinajstić information content (AvgIpc) is 1.82. The van der Waals surface area contributed by atoms with Crippen LogP contribution in [0.2, 0.25) is 0 Å². The lowest BCUT2D eigenvalue weighted by atomic mass is 10.2. The Morgan fingerprint density at radius 3 is 2.40 bits per heavy atom. The summed E-state index contributed by atoms with van der Waals surface area (Å²) in [5.41, 5.74) is 10.4. The molecule has 0 aliphatic carbocycles. The van der Waals surface area contributed by atoms with Crippen molar-refractivity contribution >= 4 is 5.90 Å².